The highest BCUT2D eigenvalue weighted by Gasteiger charge is 2.30. The van der Waals surface area contributed by atoms with E-state index in [-0.39, 0.29) is 17.9 Å². The Morgan fingerprint density at radius 3 is 2.92 bits per heavy atom. The molecule has 2 saturated heterocycles. The number of hydrogen-bond acceptors (Lipinski definition) is 5. The van der Waals surface area contributed by atoms with Crippen LogP contribution in [0.2, 0.25) is 0 Å². The van der Waals surface area contributed by atoms with E-state index in [0.29, 0.717) is 33.0 Å². The number of hydrogen-bond donors (Lipinski definition) is 0. The van der Waals surface area contributed by atoms with E-state index in [9.17, 15) is 4.79 Å². The number of aryl methyl sites for hydroxylation is 1. The Bertz CT molecular complexity index is 583. The fraction of sp³-hybridized carbons (Fsp3) is 0.789. The number of piperidine rings is 1. The normalized spacial score (nSPS) is 21.9. The largest absolute Gasteiger partial charge is 0.383 e. The number of carbonyl (C=O) groups is 1. The van der Waals surface area contributed by atoms with E-state index in [2.05, 4.69) is 9.55 Å². The smallest absolute Gasteiger partial charge is 0.225 e. The summed E-state index contributed by atoms with van der Waals surface area (Å²) in [7, 11) is 1.70. The Morgan fingerprint density at radius 1 is 1.35 bits per heavy atom. The highest BCUT2D eigenvalue weighted by molar-refractivity contribution is 5.79. The van der Waals surface area contributed by atoms with Crippen molar-refractivity contribution in [1.82, 2.24) is 14.5 Å². The molecule has 1 aromatic heterocycles. The van der Waals surface area contributed by atoms with Crippen molar-refractivity contribution in [3.05, 3.63) is 17.7 Å². The molecular weight excluding hydrogens is 334 g/mol. The molecular formula is C19H31N3O4. The van der Waals surface area contributed by atoms with Gasteiger partial charge in [0.1, 0.15) is 12.4 Å². The second-order valence-corrected chi connectivity index (χ2v) is 7.21. The van der Waals surface area contributed by atoms with Crippen LogP contribution in [0.1, 0.15) is 37.2 Å². The number of ether oxygens (including phenoxy) is 3. The first-order chi connectivity index (χ1) is 12.7. The molecule has 0 aliphatic carbocycles. The van der Waals surface area contributed by atoms with Crippen LogP contribution in [-0.4, -0.2) is 66.5 Å². The van der Waals surface area contributed by atoms with Gasteiger partial charge in [-0.3, -0.25) is 4.79 Å². The van der Waals surface area contributed by atoms with Crippen LogP contribution in [0.5, 0.6) is 0 Å². The molecule has 0 radical (unpaired) electrons. The zero-order valence-electron chi connectivity index (χ0n) is 16.0. The van der Waals surface area contributed by atoms with Gasteiger partial charge in [-0.2, -0.15) is 0 Å². The minimum absolute atomic E-state index is 0.0837. The van der Waals surface area contributed by atoms with Crippen LogP contribution in [0, 0.1) is 12.8 Å². The van der Waals surface area contributed by atoms with E-state index in [0.717, 1.165) is 50.3 Å². The lowest BCUT2D eigenvalue weighted by Crippen LogP contribution is -2.46. The van der Waals surface area contributed by atoms with Crippen molar-refractivity contribution in [3.63, 3.8) is 0 Å². The van der Waals surface area contributed by atoms with Gasteiger partial charge in [0.05, 0.1) is 12.7 Å². The molecule has 0 saturated carbocycles. The molecule has 1 atom stereocenters. The minimum Gasteiger partial charge on any atom is -0.383 e. The van der Waals surface area contributed by atoms with E-state index >= 15 is 0 Å². The van der Waals surface area contributed by atoms with Crippen molar-refractivity contribution >= 4 is 5.91 Å². The Kier molecular flexibility index (Phi) is 7.05. The van der Waals surface area contributed by atoms with Crippen LogP contribution in [-0.2, 0) is 32.2 Å². The highest BCUT2D eigenvalue weighted by atomic mass is 16.5. The summed E-state index contributed by atoms with van der Waals surface area (Å²) in [6.07, 6.45) is 5.64. The highest BCUT2D eigenvalue weighted by Crippen LogP contribution is 2.22. The number of nitrogens with zero attached hydrogens (tertiary/aromatic N) is 3. The minimum atomic E-state index is 0.0837. The van der Waals surface area contributed by atoms with Crippen LogP contribution >= 0.6 is 0 Å². The summed E-state index contributed by atoms with van der Waals surface area (Å²) in [6, 6.07) is 0. The van der Waals surface area contributed by atoms with E-state index < -0.39 is 0 Å². The van der Waals surface area contributed by atoms with Gasteiger partial charge in [0.25, 0.3) is 0 Å². The SMILES string of the molecule is COCCn1c(C)cnc1COC1CCCN(C(=O)C2CCOCC2)C1. The molecule has 2 aliphatic heterocycles. The molecule has 146 valence electrons. The summed E-state index contributed by atoms with van der Waals surface area (Å²) in [5.74, 6) is 1.32. The third kappa shape index (κ3) is 4.84. The van der Waals surface area contributed by atoms with Crippen LogP contribution in [0.25, 0.3) is 0 Å². The molecule has 1 amide bonds. The summed E-state index contributed by atoms with van der Waals surface area (Å²) in [5, 5.41) is 0. The van der Waals surface area contributed by atoms with Crippen molar-refractivity contribution in [2.45, 2.75) is 51.9 Å². The molecule has 7 heteroatoms. The molecule has 3 heterocycles. The first-order valence-electron chi connectivity index (χ1n) is 9.67. The average molecular weight is 365 g/mol. The Balaban J connectivity index is 1.51. The maximum atomic E-state index is 12.7. The first kappa shape index (κ1) is 19.3. The van der Waals surface area contributed by atoms with E-state index in [4.69, 9.17) is 14.2 Å². The van der Waals surface area contributed by atoms with Gasteiger partial charge >= 0.3 is 0 Å². The molecule has 7 nitrogen and oxygen atoms in total. The number of carbonyl (C=O) groups excluding carboxylic acids is 1. The Morgan fingerprint density at radius 2 is 2.15 bits per heavy atom. The molecule has 1 unspecified atom stereocenters. The topological polar surface area (TPSA) is 65.8 Å². The zero-order chi connectivity index (χ0) is 18.4. The first-order valence-corrected chi connectivity index (χ1v) is 9.67. The maximum Gasteiger partial charge on any atom is 0.225 e. The summed E-state index contributed by atoms with van der Waals surface area (Å²) in [5.41, 5.74) is 1.11. The van der Waals surface area contributed by atoms with Crippen molar-refractivity contribution < 1.29 is 19.0 Å². The molecule has 2 fully saturated rings. The zero-order valence-corrected chi connectivity index (χ0v) is 16.0. The summed E-state index contributed by atoms with van der Waals surface area (Å²) in [6.45, 7) is 6.89. The molecule has 0 N–H and O–H groups in total. The number of rotatable bonds is 7. The number of methoxy groups -OCH3 is 1. The van der Waals surface area contributed by atoms with Crippen molar-refractivity contribution in [2.24, 2.45) is 5.92 Å². The number of aromatic nitrogens is 2. The Hall–Kier alpha value is -1.44. The van der Waals surface area contributed by atoms with Crippen LogP contribution in [0.3, 0.4) is 0 Å². The lowest BCUT2D eigenvalue weighted by atomic mass is 9.97. The van der Waals surface area contributed by atoms with Crippen molar-refractivity contribution in [3.8, 4) is 0 Å². The lowest BCUT2D eigenvalue weighted by molar-refractivity contribution is -0.143. The number of likely N-dealkylation sites (tertiary alicyclic amines) is 1. The molecule has 0 bridgehead atoms. The monoisotopic (exact) mass is 365 g/mol. The third-order valence-electron chi connectivity index (χ3n) is 5.37. The molecule has 0 aromatic carbocycles. The van der Waals surface area contributed by atoms with Crippen molar-refractivity contribution in [1.29, 1.82) is 0 Å². The summed E-state index contributed by atoms with van der Waals surface area (Å²) in [4.78, 5) is 19.2. The summed E-state index contributed by atoms with van der Waals surface area (Å²) >= 11 is 0. The molecule has 3 rings (SSSR count). The molecule has 1 aromatic rings. The predicted molar refractivity (Wildman–Crippen MR) is 96.8 cm³/mol. The van der Waals surface area contributed by atoms with Gasteiger partial charge in [0, 0.05) is 57.8 Å². The number of amides is 1. The van der Waals surface area contributed by atoms with Crippen LogP contribution in [0.4, 0.5) is 0 Å². The van der Waals surface area contributed by atoms with E-state index in [1.807, 2.05) is 18.0 Å². The fourth-order valence-electron chi connectivity index (χ4n) is 3.78. The average Bonchev–Trinajstić information content (AvgIpc) is 3.04. The third-order valence-corrected chi connectivity index (χ3v) is 5.37. The van der Waals surface area contributed by atoms with Gasteiger partial charge in [-0.05, 0) is 32.6 Å². The fourth-order valence-corrected chi connectivity index (χ4v) is 3.78. The van der Waals surface area contributed by atoms with Gasteiger partial charge in [-0.15, -0.1) is 0 Å². The second-order valence-electron chi connectivity index (χ2n) is 7.21. The molecule has 2 aliphatic rings. The Labute approximate surface area is 155 Å². The quantitative estimate of drug-likeness (QED) is 0.737. The molecule has 0 spiro atoms. The standard InChI is InChI=1S/C19H31N3O4/c1-15-12-20-18(22(15)8-11-24-2)14-26-17-4-3-7-21(13-17)19(23)16-5-9-25-10-6-16/h12,16-17H,3-11,13-14H2,1-2H3. The predicted octanol–water partition coefficient (Wildman–Crippen LogP) is 1.77. The van der Waals surface area contributed by atoms with Crippen molar-refractivity contribution in [2.75, 3.05) is 40.0 Å². The lowest BCUT2D eigenvalue weighted by Gasteiger charge is -2.35. The van der Waals surface area contributed by atoms with Crippen LogP contribution < -0.4 is 0 Å². The second kappa shape index (κ2) is 9.48. The molecule has 26 heavy (non-hydrogen) atoms. The van der Waals surface area contributed by atoms with Gasteiger partial charge in [-0.25, -0.2) is 4.98 Å². The van der Waals surface area contributed by atoms with E-state index in [1.165, 1.54) is 0 Å². The van der Waals surface area contributed by atoms with Crippen LogP contribution in [0.15, 0.2) is 6.20 Å². The van der Waals surface area contributed by atoms with E-state index in [1.54, 1.807) is 7.11 Å². The number of imidazole rings is 1. The van der Waals surface area contributed by atoms with Gasteiger partial charge in [0.15, 0.2) is 0 Å². The summed E-state index contributed by atoms with van der Waals surface area (Å²) < 4.78 is 18.8. The van der Waals surface area contributed by atoms with Gasteiger partial charge < -0.3 is 23.7 Å². The van der Waals surface area contributed by atoms with Gasteiger partial charge in [0.2, 0.25) is 5.91 Å². The van der Waals surface area contributed by atoms with Gasteiger partial charge in [-0.1, -0.05) is 0 Å². The maximum absolute atomic E-state index is 12.7.